The first-order chi connectivity index (χ1) is 13.1. The van der Waals surface area contributed by atoms with E-state index in [4.69, 9.17) is 4.42 Å². The summed E-state index contributed by atoms with van der Waals surface area (Å²) < 4.78 is 6.18. The molecule has 0 bridgehead atoms. The minimum atomic E-state index is -0.0896. The third-order valence-electron chi connectivity index (χ3n) is 5.60. The number of carbonyl (C=O) groups is 1. The molecule has 0 saturated heterocycles. The van der Waals surface area contributed by atoms with Crippen molar-refractivity contribution in [2.75, 3.05) is 7.05 Å². The van der Waals surface area contributed by atoms with E-state index < -0.39 is 0 Å². The molecule has 4 nitrogen and oxygen atoms in total. The van der Waals surface area contributed by atoms with Gasteiger partial charge in [0, 0.05) is 24.2 Å². The molecule has 0 unspecified atom stereocenters. The molecule has 2 aromatic carbocycles. The average Bonchev–Trinajstić information content (AvgIpc) is 3.24. The Morgan fingerprint density at radius 3 is 2.44 bits per heavy atom. The number of fused-ring (bicyclic) bond motifs is 1. The third kappa shape index (κ3) is 3.05. The highest BCUT2D eigenvalue weighted by atomic mass is 16.3. The number of hydrogen-bond acceptors (Lipinski definition) is 3. The Labute approximate surface area is 158 Å². The second-order valence-corrected chi connectivity index (χ2v) is 7.29. The molecule has 1 aliphatic carbocycles. The van der Waals surface area contributed by atoms with Crippen molar-refractivity contribution in [1.82, 2.24) is 4.90 Å². The summed E-state index contributed by atoms with van der Waals surface area (Å²) in [5, 5.41) is 0.456. The fourth-order valence-electron chi connectivity index (χ4n) is 3.99. The highest BCUT2D eigenvalue weighted by Crippen LogP contribution is 2.29. The Hall–Kier alpha value is -2.88. The van der Waals surface area contributed by atoms with Crippen molar-refractivity contribution < 1.29 is 9.21 Å². The zero-order valence-electron chi connectivity index (χ0n) is 15.7. The molecule has 4 heteroatoms. The van der Waals surface area contributed by atoms with Gasteiger partial charge in [0.1, 0.15) is 5.76 Å². The van der Waals surface area contributed by atoms with Gasteiger partial charge in [-0.25, -0.2) is 0 Å². The summed E-state index contributed by atoms with van der Waals surface area (Å²) in [7, 11) is 1.85. The Morgan fingerprint density at radius 1 is 1.04 bits per heavy atom. The molecule has 1 fully saturated rings. The van der Waals surface area contributed by atoms with Gasteiger partial charge in [0.15, 0.2) is 11.0 Å². The normalized spacial score (nSPS) is 14.6. The molecule has 1 saturated carbocycles. The van der Waals surface area contributed by atoms with Gasteiger partial charge in [0.2, 0.25) is 0 Å². The van der Waals surface area contributed by atoms with Crippen LogP contribution in [0.25, 0.3) is 22.3 Å². The molecule has 1 aromatic heterocycles. The predicted octanol–water partition coefficient (Wildman–Crippen LogP) is 4.78. The van der Waals surface area contributed by atoms with Gasteiger partial charge in [-0.1, -0.05) is 49.2 Å². The monoisotopic (exact) mass is 361 g/mol. The zero-order chi connectivity index (χ0) is 19.0. The van der Waals surface area contributed by atoms with Crippen LogP contribution >= 0.6 is 0 Å². The fraction of sp³-hybridized carbons (Fsp3) is 0.304. The number of amides is 1. The summed E-state index contributed by atoms with van der Waals surface area (Å²) in [6, 6.07) is 15.1. The summed E-state index contributed by atoms with van der Waals surface area (Å²) in [6.45, 7) is 1.77. The lowest BCUT2D eigenvalue weighted by Gasteiger charge is -2.24. The van der Waals surface area contributed by atoms with E-state index in [1.54, 1.807) is 25.1 Å². The first kappa shape index (κ1) is 17.5. The molecule has 1 aliphatic rings. The highest BCUT2D eigenvalue weighted by Gasteiger charge is 2.26. The molecule has 3 aromatic rings. The van der Waals surface area contributed by atoms with Crippen molar-refractivity contribution in [3.63, 3.8) is 0 Å². The lowest BCUT2D eigenvalue weighted by Crippen LogP contribution is -2.35. The molecule has 0 spiro atoms. The minimum Gasteiger partial charge on any atom is -0.455 e. The van der Waals surface area contributed by atoms with Crippen molar-refractivity contribution in [3.8, 4) is 11.3 Å². The third-order valence-corrected chi connectivity index (χ3v) is 5.60. The van der Waals surface area contributed by atoms with E-state index in [2.05, 4.69) is 0 Å². The van der Waals surface area contributed by atoms with E-state index in [0.29, 0.717) is 27.9 Å². The van der Waals surface area contributed by atoms with Crippen LogP contribution in [0.4, 0.5) is 0 Å². The smallest absolute Gasteiger partial charge is 0.257 e. The SMILES string of the molecule is Cc1c(-c2ccccc2)oc2c(C(=O)N(C)C3CCCC3)cccc2c1=O. The number of carbonyl (C=O) groups excluding carboxylic acids is 1. The van der Waals surface area contributed by atoms with E-state index in [0.717, 1.165) is 31.2 Å². The molecule has 1 amide bonds. The fourth-order valence-corrected chi connectivity index (χ4v) is 3.99. The van der Waals surface area contributed by atoms with Crippen LogP contribution in [0, 0.1) is 6.92 Å². The Morgan fingerprint density at radius 2 is 1.74 bits per heavy atom. The summed E-state index contributed by atoms with van der Waals surface area (Å²) >= 11 is 0. The van der Waals surface area contributed by atoms with Crippen LogP contribution < -0.4 is 5.43 Å². The number of nitrogens with zero attached hydrogens (tertiary/aromatic N) is 1. The van der Waals surface area contributed by atoms with Crippen LogP contribution in [0.1, 0.15) is 41.6 Å². The van der Waals surface area contributed by atoms with Crippen LogP contribution in [0.2, 0.25) is 0 Å². The summed E-state index contributed by atoms with van der Waals surface area (Å²) in [5.41, 5.74) is 2.13. The van der Waals surface area contributed by atoms with Gasteiger partial charge in [0.25, 0.3) is 5.91 Å². The Balaban J connectivity index is 1.88. The van der Waals surface area contributed by atoms with Gasteiger partial charge in [-0.3, -0.25) is 9.59 Å². The van der Waals surface area contributed by atoms with Crippen molar-refractivity contribution in [2.45, 2.75) is 38.6 Å². The molecule has 0 atom stereocenters. The van der Waals surface area contributed by atoms with Crippen LogP contribution in [-0.2, 0) is 0 Å². The molecule has 27 heavy (non-hydrogen) atoms. The molecular formula is C23H23NO3. The standard InChI is InChI=1S/C23H23NO3/c1-15-20(25)18-13-8-14-19(23(26)24(2)17-11-6-7-12-17)22(18)27-21(15)16-9-4-3-5-10-16/h3-5,8-10,13-14,17H,6-7,11-12H2,1-2H3. The number of hydrogen-bond donors (Lipinski definition) is 0. The summed E-state index contributed by atoms with van der Waals surface area (Å²) in [4.78, 5) is 27.9. The second kappa shape index (κ2) is 7.03. The largest absolute Gasteiger partial charge is 0.455 e. The maximum atomic E-state index is 13.2. The van der Waals surface area contributed by atoms with Crippen molar-refractivity contribution in [1.29, 1.82) is 0 Å². The first-order valence-electron chi connectivity index (χ1n) is 9.47. The molecule has 0 aliphatic heterocycles. The molecular weight excluding hydrogens is 338 g/mol. The maximum absolute atomic E-state index is 13.2. The van der Waals surface area contributed by atoms with E-state index in [1.165, 1.54) is 0 Å². The maximum Gasteiger partial charge on any atom is 0.257 e. The number of para-hydroxylation sites is 1. The van der Waals surface area contributed by atoms with Crippen molar-refractivity contribution in [3.05, 3.63) is 69.9 Å². The zero-order valence-corrected chi connectivity index (χ0v) is 15.7. The van der Waals surface area contributed by atoms with E-state index >= 15 is 0 Å². The molecule has 4 rings (SSSR count). The van der Waals surface area contributed by atoms with Gasteiger partial charge in [-0.05, 0) is 31.9 Å². The quantitative estimate of drug-likeness (QED) is 0.674. The van der Waals surface area contributed by atoms with Crippen molar-refractivity contribution >= 4 is 16.9 Å². The summed E-state index contributed by atoms with van der Waals surface area (Å²) in [6.07, 6.45) is 4.38. The lowest BCUT2D eigenvalue weighted by molar-refractivity contribution is 0.0736. The highest BCUT2D eigenvalue weighted by molar-refractivity contribution is 6.05. The Kier molecular flexibility index (Phi) is 4.56. The second-order valence-electron chi connectivity index (χ2n) is 7.29. The van der Waals surface area contributed by atoms with E-state index in [1.807, 2.05) is 42.3 Å². The average molecular weight is 361 g/mol. The van der Waals surface area contributed by atoms with Gasteiger partial charge >= 0.3 is 0 Å². The minimum absolute atomic E-state index is 0.0847. The summed E-state index contributed by atoms with van der Waals surface area (Å²) in [5.74, 6) is 0.440. The molecule has 0 N–H and O–H groups in total. The molecule has 1 heterocycles. The van der Waals surface area contributed by atoms with Gasteiger partial charge in [-0.15, -0.1) is 0 Å². The van der Waals surface area contributed by atoms with Crippen molar-refractivity contribution in [2.24, 2.45) is 0 Å². The van der Waals surface area contributed by atoms with Gasteiger partial charge < -0.3 is 9.32 Å². The van der Waals surface area contributed by atoms with Crippen LogP contribution in [0.15, 0.2) is 57.7 Å². The topological polar surface area (TPSA) is 50.5 Å². The molecule has 138 valence electrons. The van der Waals surface area contributed by atoms with Gasteiger partial charge in [-0.2, -0.15) is 0 Å². The predicted molar refractivity (Wildman–Crippen MR) is 107 cm³/mol. The van der Waals surface area contributed by atoms with Crippen LogP contribution in [0.3, 0.4) is 0 Å². The van der Waals surface area contributed by atoms with Crippen LogP contribution in [-0.4, -0.2) is 23.9 Å². The first-order valence-corrected chi connectivity index (χ1v) is 9.47. The van der Waals surface area contributed by atoms with E-state index in [-0.39, 0.29) is 17.4 Å². The Bertz CT molecular complexity index is 1050. The van der Waals surface area contributed by atoms with E-state index in [9.17, 15) is 9.59 Å². The van der Waals surface area contributed by atoms with Gasteiger partial charge in [0.05, 0.1) is 10.9 Å². The lowest BCUT2D eigenvalue weighted by atomic mass is 10.0. The molecule has 0 radical (unpaired) electrons. The number of rotatable bonds is 3. The number of benzene rings is 2. The van der Waals surface area contributed by atoms with Crippen LogP contribution in [0.5, 0.6) is 0 Å².